The average Bonchev–Trinajstić information content (AvgIpc) is 3.30. The second kappa shape index (κ2) is 8.46. The van der Waals surface area contributed by atoms with Gasteiger partial charge in [-0.2, -0.15) is 5.10 Å². The number of para-hydroxylation sites is 1. The van der Waals surface area contributed by atoms with Gasteiger partial charge in [-0.15, -0.1) is 0 Å². The Bertz CT molecular complexity index is 1160. The fraction of sp³-hybridized carbons (Fsp3) is 0.269. The van der Waals surface area contributed by atoms with Crippen LogP contribution < -0.4 is 18.9 Å². The van der Waals surface area contributed by atoms with Crippen LogP contribution in [0.2, 0.25) is 0 Å². The van der Waals surface area contributed by atoms with Gasteiger partial charge in [0.2, 0.25) is 6.23 Å². The quantitative estimate of drug-likeness (QED) is 0.528. The second-order valence-corrected chi connectivity index (χ2v) is 7.73. The highest BCUT2D eigenvalue weighted by Gasteiger charge is 2.42. The monoisotopic (exact) mass is 430 g/mol. The second-order valence-electron chi connectivity index (χ2n) is 7.73. The molecule has 0 bridgehead atoms. The van der Waals surface area contributed by atoms with E-state index < -0.39 is 6.23 Å². The molecule has 0 aromatic heterocycles. The lowest BCUT2D eigenvalue weighted by molar-refractivity contribution is -0.0213. The SMILES string of the molecule is CCOc1cccc2c1OC(c1cccc(OC)c1)N1N=C(c3cccc(OC)c3)CC21. The van der Waals surface area contributed by atoms with Gasteiger partial charge >= 0.3 is 0 Å². The van der Waals surface area contributed by atoms with Gasteiger partial charge in [-0.05, 0) is 37.3 Å². The lowest BCUT2D eigenvalue weighted by atomic mass is 9.95. The summed E-state index contributed by atoms with van der Waals surface area (Å²) in [6.07, 6.45) is 0.367. The van der Waals surface area contributed by atoms with E-state index in [9.17, 15) is 0 Å². The molecule has 32 heavy (non-hydrogen) atoms. The number of ether oxygens (including phenoxy) is 4. The molecule has 3 aromatic rings. The molecule has 6 nitrogen and oxygen atoms in total. The molecule has 0 saturated heterocycles. The highest BCUT2D eigenvalue weighted by Crippen LogP contribution is 2.51. The zero-order valence-corrected chi connectivity index (χ0v) is 18.4. The molecule has 2 aliphatic rings. The smallest absolute Gasteiger partial charge is 0.214 e. The van der Waals surface area contributed by atoms with Gasteiger partial charge in [0.25, 0.3) is 0 Å². The van der Waals surface area contributed by atoms with Crippen molar-refractivity contribution in [3.8, 4) is 23.0 Å². The van der Waals surface area contributed by atoms with Crippen molar-refractivity contribution in [1.82, 2.24) is 5.01 Å². The molecule has 2 aliphatic heterocycles. The summed E-state index contributed by atoms with van der Waals surface area (Å²) < 4.78 is 23.3. The Morgan fingerprint density at radius 2 is 1.72 bits per heavy atom. The Morgan fingerprint density at radius 1 is 0.969 bits per heavy atom. The number of fused-ring (bicyclic) bond motifs is 3. The van der Waals surface area contributed by atoms with Crippen LogP contribution in [0.15, 0.2) is 71.8 Å². The summed E-state index contributed by atoms with van der Waals surface area (Å²) >= 11 is 0. The third kappa shape index (κ3) is 3.51. The Labute approximate surface area is 188 Å². The molecule has 2 atom stereocenters. The fourth-order valence-corrected chi connectivity index (χ4v) is 4.35. The zero-order valence-electron chi connectivity index (χ0n) is 18.4. The van der Waals surface area contributed by atoms with Crippen molar-refractivity contribution in [2.24, 2.45) is 5.10 Å². The molecule has 0 saturated carbocycles. The summed E-state index contributed by atoms with van der Waals surface area (Å²) in [5.74, 6) is 3.13. The fourth-order valence-electron chi connectivity index (χ4n) is 4.35. The first kappa shape index (κ1) is 20.2. The number of nitrogens with zero attached hydrogens (tertiary/aromatic N) is 2. The summed E-state index contributed by atoms with van der Waals surface area (Å²) in [4.78, 5) is 0. The Balaban J connectivity index is 1.61. The predicted molar refractivity (Wildman–Crippen MR) is 123 cm³/mol. The van der Waals surface area contributed by atoms with Gasteiger partial charge in [-0.25, -0.2) is 5.01 Å². The number of hydrazone groups is 1. The summed E-state index contributed by atoms with van der Waals surface area (Å²) in [5.41, 5.74) is 4.10. The van der Waals surface area contributed by atoms with Crippen LogP contribution in [0.5, 0.6) is 23.0 Å². The van der Waals surface area contributed by atoms with Crippen molar-refractivity contribution >= 4 is 5.71 Å². The van der Waals surface area contributed by atoms with Crippen molar-refractivity contribution in [2.45, 2.75) is 25.6 Å². The molecule has 0 N–H and O–H groups in total. The molecule has 164 valence electrons. The summed E-state index contributed by atoms with van der Waals surface area (Å²) in [6, 6.07) is 22.1. The van der Waals surface area contributed by atoms with Crippen molar-refractivity contribution in [3.63, 3.8) is 0 Å². The molecule has 2 unspecified atom stereocenters. The normalized spacial score (nSPS) is 18.8. The Morgan fingerprint density at radius 3 is 2.50 bits per heavy atom. The summed E-state index contributed by atoms with van der Waals surface area (Å²) in [7, 11) is 3.35. The third-order valence-corrected chi connectivity index (χ3v) is 5.86. The van der Waals surface area contributed by atoms with E-state index in [1.807, 2.05) is 61.5 Å². The van der Waals surface area contributed by atoms with Crippen molar-refractivity contribution in [1.29, 1.82) is 0 Å². The third-order valence-electron chi connectivity index (χ3n) is 5.86. The number of benzene rings is 3. The Kier molecular flexibility index (Phi) is 5.35. The van der Waals surface area contributed by atoms with Gasteiger partial charge in [0, 0.05) is 23.1 Å². The topological polar surface area (TPSA) is 52.5 Å². The van der Waals surface area contributed by atoms with Gasteiger partial charge in [0.1, 0.15) is 11.5 Å². The van der Waals surface area contributed by atoms with Crippen molar-refractivity contribution < 1.29 is 18.9 Å². The summed E-state index contributed by atoms with van der Waals surface area (Å²) in [5, 5.41) is 7.09. The molecule has 0 fully saturated rings. The van der Waals surface area contributed by atoms with E-state index >= 15 is 0 Å². The van der Waals surface area contributed by atoms with Crippen LogP contribution in [-0.2, 0) is 0 Å². The van der Waals surface area contributed by atoms with Crippen LogP contribution in [0.3, 0.4) is 0 Å². The molecular formula is C26H26N2O4. The largest absolute Gasteiger partial charge is 0.497 e. The standard InChI is InChI=1S/C26H26N2O4/c1-4-31-24-13-7-12-21-23-16-22(17-8-5-10-19(14-17)29-2)27-28(23)26(32-25(21)24)18-9-6-11-20(15-18)30-3/h5-15,23,26H,4,16H2,1-3H3. The Hall–Kier alpha value is -3.67. The number of methoxy groups -OCH3 is 2. The molecule has 0 aliphatic carbocycles. The minimum atomic E-state index is -0.396. The molecule has 6 heteroatoms. The molecule has 5 rings (SSSR count). The van der Waals surface area contributed by atoms with E-state index in [1.165, 1.54) is 0 Å². The first-order chi connectivity index (χ1) is 15.7. The lowest BCUT2D eigenvalue weighted by Gasteiger charge is -2.38. The van der Waals surface area contributed by atoms with Crippen LogP contribution >= 0.6 is 0 Å². The van der Waals surface area contributed by atoms with Crippen molar-refractivity contribution in [3.05, 3.63) is 83.4 Å². The van der Waals surface area contributed by atoms with E-state index in [-0.39, 0.29) is 6.04 Å². The van der Waals surface area contributed by atoms with E-state index in [4.69, 9.17) is 24.0 Å². The van der Waals surface area contributed by atoms with E-state index in [0.29, 0.717) is 6.61 Å². The van der Waals surface area contributed by atoms with Gasteiger partial charge in [-0.1, -0.05) is 36.4 Å². The maximum absolute atomic E-state index is 6.56. The molecule has 3 aromatic carbocycles. The van der Waals surface area contributed by atoms with Gasteiger partial charge in [0.15, 0.2) is 11.5 Å². The first-order valence-electron chi connectivity index (χ1n) is 10.8. The van der Waals surface area contributed by atoms with Crippen molar-refractivity contribution in [2.75, 3.05) is 20.8 Å². The van der Waals surface area contributed by atoms with Gasteiger partial charge in [-0.3, -0.25) is 0 Å². The predicted octanol–water partition coefficient (Wildman–Crippen LogP) is 5.34. The molecular weight excluding hydrogens is 404 g/mol. The van der Waals surface area contributed by atoms with Crippen LogP contribution in [-0.4, -0.2) is 31.5 Å². The van der Waals surface area contributed by atoms with Gasteiger partial charge < -0.3 is 18.9 Å². The molecule has 0 radical (unpaired) electrons. The average molecular weight is 431 g/mol. The van der Waals surface area contributed by atoms with Gasteiger partial charge in [0.05, 0.1) is 32.6 Å². The number of hydrogen-bond donors (Lipinski definition) is 0. The van der Waals surface area contributed by atoms with E-state index in [2.05, 4.69) is 17.1 Å². The highest BCUT2D eigenvalue weighted by atomic mass is 16.5. The minimum Gasteiger partial charge on any atom is -0.497 e. The maximum Gasteiger partial charge on any atom is 0.214 e. The minimum absolute atomic E-state index is 0.0385. The lowest BCUT2D eigenvalue weighted by Crippen LogP contribution is -2.34. The first-order valence-corrected chi connectivity index (χ1v) is 10.8. The molecule has 0 amide bonds. The zero-order chi connectivity index (χ0) is 22.1. The van der Waals surface area contributed by atoms with Crippen LogP contribution in [0, 0.1) is 0 Å². The van der Waals surface area contributed by atoms with Crippen LogP contribution in [0.4, 0.5) is 0 Å². The highest BCUT2D eigenvalue weighted by molar-refractivity contribution is 6.02. The van der Waals surface area contributed by atoms with Crippen LogP contribution in [0.1, 0.15) is 42.3 Å². The summed E-state index contributed by atoms with van der Waals surface area (Å²) in [6.45, 7) is 2.55. The number of rotatable bonds is 6. The molecule has 0 spiro atoms. The number of hydrogen-bond acceptors (Lipinski definition) is 6. The molecule has 2 heterocycles. The van der Waals surface area contributed by atoms with Crippen LogP contribution in [0.25, 0.3) is 0 Å². The van der Waals surface area contributed by atoms with E-state index in [0.717, 1.165) is 51.8 Å². The maximum atomic E-state index is 6.56. The van der Waals surface area contributed by atoms with E-state index in [1.54, 1.807) is 14.2 Å².